The number of benzene rings is 1. The van der Waals surface area contributed by atoms with E-state index < -0.39 is 17.0 Å². The van der Waals surface area contributed by atoms with Crippen molar-refractivity contribution in [1.29, 1.82) is 0 Å². The molecule has 8 heteroatoms. The highest BCUT2D eigenvalue weighted by Gasteiger charge is 2.49. The van der Waals surface area contributed by atoms with Gasteiger partial charge in [-0.1, -0.05) is 12.1 Å². The maximum Gasteiger partial charge on any atom is 0.276 e. The fourth-order valence-electron chi connectivity index (χ4n) is 4.26. The smallest absolute Gasteiger partial charge is 0.276 e. The quantitative estimate of drug-likeness (QED) is 0.810. The Labute approximate surface area is 161 Å². The molecule has 0 N–H and O–H groups in total. The molecule has 2 fully saturated rings. The molecule has 4 rings (SSSR count). The first kappa shape index (κ1) is 18.6. The van der Waals surface area contributed by atoms with Gasteiger partial charge >= 0.3 is 0 Å². The summed E-state index contributed by atoms with van der Waals surface area (Å²) in [6, 6.07) is 3.99. The van der Waals surface area contributed by atoms with E-state index in [2.05, 4.69) is 4.98 Å². The summed E-state index contributed by atoms with van der Waals surface area (Å²) in [5.41, 5.74) is -0.247. The Balaban J connectivity index is 1.51. The van der Waals surface area contributed by atoms with Crippen molar-refractivity contribution >= 4 is 11.8 Å². The lowest BCUT2D eigenvalue weighted by molar-refractivity contribution is -0.146. The van der Waals surface area contributed by atoms with E-state index >= 15 is 0 Å². The summed E-state index contributed by atoms with van der Waals surface area (Å²) in [5, 5.41) is 0. The van der Waals surface area contributed by atoms with Crippen molar-refractivity contribution in [3.8, 4) is 0 Å². The molecule has 2 aliphatic heterocycles. The van der Waals surface area contributed by atoms with Gasteiger partial charge in [0.1, 0.15) is 5.76 Å². The van der Waals surface area contributed by atoms with Gasteiger partial charge in [0.25, 0.3) is 5.91 Å². The molecular formula is C20H21F2N3O3. The minimum absolute atomic E-state index is 0.0283. The van der Waals surface area contributed by atoms with Gasteiger partial charge in [0.15, 0.2) is 23.7 Å². The number of carbonyl (C=O) groups excluding carboxylic acids is 2. The van der Waals surface area contributed by atoms with Gasteiger partial charge in [-0.3, -0.25) is 9.59 Å². The predicted molar refractivity (Wildman–Crippen MR) is 95.2 cm³/mol. The molecule has 2 aromatic rings. The number of aryl methyl sites for hydroxylation is 1. The largest absolute Gasteiger partial charge is 0.448 e. The molecule has 2 amide bonds. The van der Waals surface area contributed by atoms with E-state index in [0.29, 0.717) is 38.2 Å². The molecule has 2 saturated heterocycles. The van der Waals surface area contributed by atoms with Crippen molar-refractivity contribution in [2.75, 3.05) is 19.6 Å². The molecule has 2 aliphatic rings. The van der Waals surface area contributed by atoms with Gasteiger partial charge < -0.3 is 14.2 Å². The number of hydrogen-bond donors (Lipinski definition) is 0. The average Bonchev–Trinajstić information content (AvgIpc) is 3.30. The standard InChI is InChI=1S/C20H21F2N3O3/c1-13-17(23-12-28-13)18(26)25-9-7-20(11-25)6-3-8-24(19(20)27)10-14-4-2-5-15(21)16(14)22/h2,4-5,12H,3,6-11H2,1H3/t20-/m1/s1. The van der Waals surface area contributed by atoms with Crippen LogP contribution in [0.5, 0.6) is 0 Å². The Bertz CT molecular complexity index is 929. The number of amides is 2. The summed E-state index contributed by atoms with van der Waals surface area (Å²) in [6.07, 6.45) is 3.22. The Morgan fingerprint density at radius 3 is 2.86 bits per heavy atom. The van der Waals surface area contributed by atoms with Crippen LogP contribution >= 0.6 is 0 Å². The first-order valence-corrected chi connectivity index (χ1v) is 9.33. The third-order valence-electron chi connectivity index (χ3n) is 5.81. The van der Waals surface area contributed by atoms with E-state index in [1.807, 2.05) is 0 Å². The van der Waals surface area contributed by atoms with E-state index in [1.165, 1.54) is 18.5 Å². The number of rotatable bonds is 3. The zero-order valence-electron chi connectivity index (χ0n) is 15.6. The number of nitrogens with zero attached hydrogens (tertiary/aromatic N) is 3. The monoisotopic (exact) mass is 389 g/mol. The third kappa shape index (κ3) is 3.06. The highest BCUT2D eigenvalue weighted by atomic mass is 19.2. The number of hydrogen-bond acceptors (Lipinski definition) is 4. The lowest BCUT2D eigenvalue weighted by Gasteiger charge is -2.39. The summed E-state index contributed by atoms with van der Waals surface area (Å²) in [4.78, 5) is 33.1. The van der Waals surface area contributed by atoms with E-state index in [1.54, 1.807) is 16.7 Å². The molecule has 1 atom stereocenters. The van der Waals surface area contributed by atoms with Crippen LogP contribution in [0.25, 0.3) is 0 Å². The van der Waals surface area contributed by atoms with Crippen LogP contribution in [0, 0.1) is 24.0 Å². The molecular weight excluding hydrogens is 368 g/mol. The Morgan fingerprint density at radius 1 is 1.29 bits per heavy atom. The number of aromatic nitrogens is 1. The van der Waals surface area contributed by atoms with Crippen LogP contribution in [0.15, 0.2) is 29.0 Å². The van der Waals surface area contributed by atoms with Crippen molar-refractivity contribution in [2.45, 2.75) is 32.7 Å². The maximum atomic E-state index is 14.0. The van der Waals surface area contributed by atoms with Crippen LogP contribution in [0.1, 0.15) is 41.1 Å². The molecule has 148 valence electrons. The summed E-state index contributed by atoms with van der Waals surface area (Å²) in [7, 11) is 0. The summed E-state index contributed by atoms with van der Waals surface area (Å²) < 4.78 is 32.6. The first-order valence-electron chi connectivity index (χ1n) is 9.33. The number of halogens is 2. The Hall–Kier alpha value is -2.77. The third-order valence-corrected chi connectivity index (χ3v) is 5.81. The highest BCUT2D eigenvalue weighted by Crippen LogP contribution is 2.41. The van der Waals surface area contributed by atoms with Gasteiger partial charge in [-0.15, -0.1) is 0 Å². The van der Waals surface area contributed by atoms with Gasteiger partial charge in [-0.25, -0.2) is 13.8 Å². The molecule has 0 saturated carbocycles. The van der Waals surface area contributed by atoms with Crippen molar-refractivity contribution in [2.24, 2.45) is 5.41 Å². The van der Waals surface area contributed by atoms with Crippen LogP contribution in [-0.4, -0.2) is 46.2 Å². The zero-order chi connectivity index (χ0) is 19.9. The molecule has 0 radical (unpaired) electrons. The molecule has 0 unspecified atom stereocenters. The molecule has 6 nitrogen and oxygen atoms in total. The van der Waals surface area contributed by atoms with Gasteiger partial charge in [-0.05, 0) is 32.3 Å². The van der Waals surface area contributed by atoms with Gasteiger partial charge in [0.05, 0.1) is 5.41 Å². The number of piperidine rings is 1. The minimum Gasteiger partial charge on any atom is -0.448 e. The van der Waals surface area contributed by atoms with Crippen LogP contribution in [0.3, 0.4) is 0 Å². The van der Waals surface area contributed by atoms with Gasteiger partial charge in [0.2, 0.25) is 5.91 Å². The molecule has 1 aromatic heterocycles. The molecule has 0 bridgehead atoms. The number of carbonyl (C=O) groups is 2. The fraction of sp³-hybridized carbons (Fsp3) is 0.450. The number of likely N-dealkylation sites (tertiary alicyclic amines) is 2. The van der Waals surface area contributed by atoms with Crippen LogP contribution in [0.4, 0.5) is 8.78 Å². The number of oxazole rings is 1. The van der Waals surface area contributed by atoms with Crippen molar-refractivity contribution in [1.82, 2.24) is 14.8 Å². The van der Waals surface area contributed by atoms with Crippen LogP contribution < -0.4 is 0 Å². The van der Waals surface area contributed by atoms with Crippen LogP contribution in [0.2, 0.25) is 0 Å². The first-order chi connectivity index (χ1) is 13.4. The van der Waals surface area contributed by atoms with E-state index in [9.17, 15) is 18.4 Å². The van der Waals surface area contributed by atoms with Crippen LogP contribution in [-0.2, 0) is 11.3 Å². The molecule has 0 aliphatic carbocycles. The Kier molecular flexibility index (Phi) is 4.64. The van der Waals surface area contributed by atoms with E-state index in [4.69, 9.17) is 4.42 Å². The van der Waals surface area contributed by atoms with Crippen molar-refractivity contribution in [3.05, 3.63) is 53.2 Å². The Morgan fingerprint density at radius 2 is 2.11 bits per heavy atom. The van der Waals surface area contributed by atoms with E-state index in [0.717, 1.165) is 12.5 Å². The highest BCUT2D eigenvalue weighted by molar-refractivity contribution is 5.94. The predicted octanol–water partition coefficient (Wildman–Crippen LogP) is 2.92. The maximum absolute atomic E-state index is 14.0. The molecule has 1 aromatic carbocycles. The van der Waals surface area contributed by atoms with Crippen molar-refractivity contribution in [3.63, 3.8) is 0 Å². The second-order valence-electron chi connectivity index (χ2n) is 7.56. The topological polar surface area (TPSA) is 66.7 Å². The molecule has 3 heterocycles. The normalized spacial score (nSPS) is 22.3. The summed E-state index contributed by atoms with van der Waals surface area (Å²) in [5.74, 6) is -1.74. The lowest BCUT2D eigenvalue weighted by atomic mass is 9.78. The van der Waals surface area contributed by atoms with Gasteiger partial charge in [0, 0.05) is 31.7 Å². The van der Waals surface area contributed by atoms with E-state index in [-0.39, 0.29) is 29.6 Å². The average molecular weight is 389 g/mol. The summed E-state index contributed by atoms with van der Waals surface area (Å²) in [6.45, 7) is 2.96. The zero-order valence-corrected chi connectivity index (χ0v) is 15.6. The SMILES string of the molecule is Cc1ocnc1C(=O)N1CC[C@]2(CCCN(Cc3cccc(F)c3F)C2=O)C1. The second-order valence-corrected chi connectivity index (χ2v) is 7.56. The van der Waals surface area contributed by atoms with Crippen molar-refractivity contribution < 1.29 is 22.8 Å². The van der Waals surface area contributed by atoms with Gasteiger partial charge in [-0.2, -0.15) is 0 Å². The second kappa shape index (κ2) is 7.00. The molecule has 1 spiro atoms. The summed E-state index contributed by atoms with van der Waals surface area (Å²) >= 11 is 0. The fourth-order valence-corrected chi connectivity index (χ4v) is 4.26. The minimum atomic E-state index is -0.919. The lowest BCUT2D eigenvalue weighted by Crippen LogP contribution is -2.50. The molecule has 28 heavy (non-hydrogen) atoms.